The Labute approximate surface area is 102 Å². The third kappa shape index (κ3) is 3.22. The Hall–Kier alpha value is -1.52. The maximum Gasteiger partial charge on any atom is 0.337 e. The molecule has 1 aliphatic rings. The molecule has 0 spiro atoms. The number of nitrogens with one attached hydrogen (secondary N) is 1. The van der Waals surface area contributed by atoms with Gasteiger partial charge < -0.3 is 14.8 Å². The average molecular weight is 240 g/mol. The van der Waals surface area contributed by atoms with E-state index in [0.717, 1.165) is 18.5 Å². The Morgan fingerprint density at radius 1 is 1.47 bits per heavy atom. The van der Waals surface area contributed by atoms with E-state index in [1.165, 1.54) is 0 Å². The second kappa shape index (κ2) is 6.27. The molecule has 0 saturated heterocycles. The zero-order valence-corrected chi connectivity index (χ0v) is 10.9. The van der Waals surface area contributed by atoms with Gasteiger partial charge in [0.1, 0.15) is 0 Å². The molecule has 0 bridgehead atoms. The number of ether oxygens (including phenoxy) is 2. The molecule has 1 N–H and O–H groups in total. The first-order chi connectivity index (χ1) is 8.13. The Balaban J connectivity index is 2.94. The number of carbonyl (C=O) groups is 1. The minimum Gasteiger partial charge on any atom is -0.468 e. The van der Waals surface area contributed by atoms with Crippen LogP contribution in [-0.2, 0) is 14.3 Å². The van der Waals surface area contributed by atoms with Gasteiger partial charge in [-0.3, -0.25) is 0 Å². The van der Waals surface area contributed by atoms with Crippen molar-refractivity contribution < 1.29 is 14.3 Å². The van der Waals surface area contributed by atoms with E-state index in [1.807, 2.05) is 6.92 Å². The molecule has 1 rings (SSSR count). The van der Waals surface area contributed by atoms with Crippen molar-refractivity contribution in [1.29, 1.82) is 0 Å². The Morgan fingerprint density at radius 2 is 2.18 bits per heavy atom. The van der Waals surface area contributed by atoms with Crippen LogP contribution in [0.4, 0.5) is 0 Å². The fraction of sp³-hybridized carbons (Fsp3) is 0.667. The topological polar surface area (TPSA) is 59.9 Å². The number of allylic oxidation sites excluding steroid dienone is 1. The van der Waals surface area contributed by atoms with Gasteiger partial charge in [-0.15, -0.1) is 0 Å². The summed E-state index contributed by atoms with van der Waals surface area (Å²) in [5, 5.41) is 2.95. The van der Waals surface area contributed by atoms with E-state index in [9.17, 15) is 4.79 Å². The smallest absolute Gasteiger partial charge is 0.337 e. The summed E-state index contributed by atoms with van der Waals surface area (Å²) in [5.41, 5.74) is 1.36. The minimum atomic E-state index is -0.296. The number of nitrogens with zero attached hydrogens (tertiary/aromatic N) is 1. The van der Waals surface area contributed by atoms with Crippen LogP contribution in [0.2, 0.25) is 0 Å². The molecule has 17 heavy (non-hydrogen) atoms. The van der Waals surface area contributed by atoms with Crippen LogP contribution in [0.3, 0.4) is 0 Å². The first-order valence-corrected chi connectivity index (χ1v) is 5.90. The molecule has 5 heteroatoms. The lowest BCUT2D eigenvalue weighted by Crippen LogP contribution is -2.36. The average Bonchev–Trinajstić information content (AvgIpc) is 2.29. The number of esters is 1. The number of hydrogen-bond acceptors (Lipinski definition) is 5. The third-order valence-electron chi connectivity index (χ3n) is 2.56. The number of methoxy groups -OCH3 is 1. The predicted molar refractivity (Wildman–Crippen MR) is 65.6 cm³/mol. The lowest BCUT2D eigenvalue weighted by atomic mass is 10.00. The molecule has 0 amide bonds. The maximum atomic E-state index is 11.9. The SMILES string of the molecule is CCCC1N=C(OC)NC(C)=C1C(=O)OCC. The molecule has 0 aliphatic carbocycles. The number of amidine groups is 1. The molecule has 0 saturated carbocycles. The van der Waals surface area contributed by atoms with E-state index in [1.54, 1.807) is 14.0 Å². The summed E-state index contributed by atoms with van der Waals surface area (Å²) in [6.45, 7) is 6.06. The molecule has 0 fully saturated rings. The van der Waals surface area contributed by atoms with Gasteiger partial charge in [-0.05, 0) is 20.3 Å². The van der Waals surface area contributed by atoms with E-state index in [4.69, 9.17) is 9.47 Å². The Morgan fingerprint density at radius 3 is 2.71 bits per heavy atom. The second-order valence-corrected chi connectivity index (χ2v) is 3.83. The van der Waals surface area contributed by atoms with Crippen molar-refractivity contribution in [3.8, 4) is 0 Å². The summed E-state index contributed by atoms with van der Waals surface area (Å²) in [4.78, 5) is 16.2. The van der Waals surface area contributed by atoms with Crippen LogP contribution >= 0.6 is 0 Å². The second-order valence-electron chi connectivity index (χ2n) is 3.83. The van der Waals surface area contributed by atoms with E-state index in [2.05, 4.69) is 17.2 Å². The monoisotopic (exact) mass is 240 g/mol. The summed E-state index contributed by atoms with van der Waals surface area (Å²) < 4.78 is 10.1. The molecule has 0 radical (unpaired) electrons. The van der Waals surface area contributed by atoms with Gasteiger partial charge in [-0.25, -0.2) is 9.79 Å². The van der Waals surface area contributed by atoms with Gasteiger partial charge in [0.15, 0.2) is 0 Å². The molecule has 96 valence electrons. The van der Waals surface area contributed by atoms with Crippen LogP contribution in [0.5, 0.6) is 0 Å². The molecule has 5 nitrogen and oxygen atoms in total. The van der Waals surface area contributed by atoms with E-state index < -0.39 is 0 Å². The van der Waals surface area contributed by atoms with Crippen molar-refractivity contribution in [2.75, 3.05) is 13.7 Å². The van der Waals surface area contributed by atoms with Crippen LogP contribution in [0.1, 0.15) is 33.6 Å². The van der Waals surface area contributed by atoms with Crippen LogP contribution in [0, 0.1) is 0 Å². The maximum absolute atomic E-state index is 11.9. The van der Waals surface area contributed by atoms with E-state index >= 15 is 0 Å². The number of aliphatic imine (C=N–C) groups is 1. The molecular formula is C12H20N2O3. The standard InChI is InChI=1S/C12H20N2O3/c1-5-7-9-10(11(15)17-6-2)8(3)13-12(14-9)16-4/h9H,5-7H2,1-4H3,(H,13,14). The molecule has 1 heterocycles. The quantitative estimate of drug-likeness (QED) is 0.758. The van der Waals surface area contributed by atoms with Gasteiger partial charge in [0.2, 0.25) is 0 Å². The van der Waals surface area contributed by atoms with Crippen LogP contribution in [-0.4, -0.2) is 31.7 Å². The summed E-state index contributed by atoms with van der Waals surface area (Å²) in [6.07, 6.45) is 1.75. The number of carbonyl (C=O) groups excluding carboxylic acids is 1. The number of rotatable bonds is 4. The highest BCUT2D eigenvalue weighted by Crippen LogP contribution is 2.21. The largest absolute Gasteiger partial charge is 0.468 e. The first kappa shape index (κ1) is 13.5. The zero-order chi connectivity index (χ0) is 12.8. The highest BCUT2D eigenvalue weighted by molar-refractivity contribution is 5.93. The highest BCUT2D eigenvalue weighted by atomic mass is 16.5. The fourth-order valence-corrected chi connectivity index (χ4v) is 1.80. The van der Waals surface area contributed by atoms with Crippen LogP contribution in [0.15, 0.2) is 16.3 Å². The first-order valence-electron chi connectivity index (χ1n) is 5.90. The van der Waals surface area contributed by atoms with Crippen molar-refractivity contribution in [3.05, 3.63) is 11.3 Å². The molecule has 0 aromatic heterocycles. The summed E-state index contributed by atoms with van der Waals surface area (Å²) in [7, 11) is 1.55. The van der Waals surface area contributed by atoms with Crippen molar-refractivity contribution in [2.45, 2.75) is 39.7 Å². The number of hydrogen-bond donors (Lipinski definition) is 1. The van der Waals surface area contributed by atoms with E-state index in [0.29, 0.717) is 18.2 Å². The molecule has 0 aromatic carbocycles. The van der Waals surface area contributed by atoms with Gasteiger partial charge in [0, 0.05) is 5.70 Å². The molecule has 0 aromatic rings. The fourth-order valence-electron chi connectivity index (χ4n) is 1.80. The van der Waals surface area contributed by atoms with Gasteiger partial charge in [0.05, 0.1) is 25.3 Å². The van der Waals surface area contributed by atoms with Crippen molar-refractivity contribution in [1.82, 2.24) is 5.32 Å². The molecule has 1 unspecified atom stereocenters. The van der Waals surface area contributed by atoms with Gasteiger partial charge in [-0.2, -0.15) is 0 Å². The van der Waals surface area contributed by atoms with Crippen molar-refractivity contribution in [3.63, 3.8) is 0 Å². The van der Waals surface area contributed by atoms with Gasteiger partial charge in [0.25, 0.3) is 6.02 Å². The third-order valence-corrected chi connectivity index (χ3v) is 2.56. The predicted octanol–water partition coefficient (Wildman–Crippen LogP) is 1.60. The van der Waals surface area contributed by atoms with Crippen LogP contribution in [0.25, 0.3) is 0 Å². The zero-order valence-electron chi connectivity index (χ0n) is 10.9. The lowest BCUT2D eigenvalue weighted by Gasteiger charge is -2.24. The van der Waals surface area contributed by atoms with Gasteiger partial charge in [-0.1, -0.05) is 13.3 Å². The van der Waals surface area contributed by atoms with Crippen LogP contribution < -0.4 is 5.32 Å². The van der Waals surface area contributed by atoms with Gasteiger partial charge >= 0.3 is 5.97 Å². The Kier molecular flexibility index (Phi) is 5.00. The summed E-state index contributed by atoms with van der Waals surface area (Å²) in [5.74, 6) is -0.296. The Bertz CT molecular complexity index is 348. The van der Waals surface area contributed by atoms with Crippen molar-refractivity contribution >= 4 is 12.0 Å². The minimum absolute atomic E-state index is 0.171. The molecular weight excluding hydrogens is 220 g/mol. The summed E-state index contributed by atoms with van der Waals surface area (Å²) in [6, 6.07) is 0.282. The van der Waals surface area contributed by atoms with Crippen molar-refractivity contribution in [2.24, 2.45) is 4.99 Å². The molecule has 1 atom stereocenters. The normalized spacial score (nSPS) is 19.5. The summed E-state index contributed by atoms with van der Waals surface area (Å²) >= 11 is 0. The lowest BCUT2D eigenvalue weighted by molar-refractivity contribution is -0.138. The highest BCUT2D eigenvalue weighted by Gasteiger charge is 2.28. The van der Waals surface area contributed by atoms with E-state index in [-0.39, 0.29) is 12.0 Å². The molecule has 1 aliphatic heterocycles.